The van der Waals surface area contributed by atoms with Crippen molar-refractivity contribution in [3.05, 3.63) is 70.0 Å². The lowest BCUT2D eigenvalue weighted by Crippen LogP contribution is -2.18. The molecular weight excluding hydrogens is 471 g/mol. The first kappa shape index (κ1) is 28.3. The zero-order chi connectivity index (χ0) is 26.0. The molecule has 35 heavy (non-hydrogen) atoms. The maximum Gasteiger partial charge on any atom is 0.339 e. The average molecular weight is 501 g/mol. The Bertz CT molecular complexity index is 996. The maximum absolute atomic E-state index is 14.0. The standard InChI is InChI=1S/C26H29F5O4/c1-3-4-5-6-7-8-9-12-15-34-25(32)17-13-10-11-14-18(17)26(33)35-16(2)19-20(27)22(29)24(31)23(30)21(19)28/h10-11,13-14,16H,3-9,12,15H2,1-2H3. The first-order valence-electron chi connectivity index (χ1n) is 11.7. The van der Waals surface area contributed by atoms with Crippen LogP contribution in [0.1, 0.15) is 97.6 Å². The lowest BCUT2D eigenvalue weighted by molar-refractivity contribution is 0.0307. The third-order valence-electron chi connectivity index (χ3n) is 5.53. The van der Waals surface area contributed by atoms with E-state index >= 15 is 0 Å². The molecule has 0 radical (unpaired) electrons. The molecule has 0 bridgehead atoms. The van der Waals surface area contributed by atoms with Crippen LogP contribution in [0.5, 0.6) is 0 Å². The number of rotatable bonds is 13. The molecule has 192 valence electrons. The second-order valence-electron chi connectivity index (χ2n) is 8.19. The molecule has 1 unspecified atom stereocenters. The van der Waals surface area contributed by atoms with Crippen LogP contribution in [0.4, 0.5) is 22.0 Å². The number of unbranched alkanes of at least 4 members (excludes halogenated alkanes) is 7. The Hall–Kier alpha value is -2.97. The lowest BCUT2D eigenvalue weighted by atomic mass is 10.1. The summed E-state index contributed by atoms with van der Waals surface area (Å²) in [7, 11) is 0. The van der Waals surface area contributed by atoms with Crippen LogP contribution in [-0.2, 0) is 9.47 Å². The molecule has 0 aliphatic rings. The summed E-state index contributed by atoms with van der Waals surface area (Å²) >= 11 is 0. The number of esters is 2. The van der Waals surface area contributed by atoms with Crippen molar-refractivity contribution >= 4 is 11.9 Å². The van der Waals surface area contributed by atoms with Crippen LogP contribution in [0.25, 0.3) is 0 Å². The van der Waals surface area contributed by atoms with Gasteiger partial charge in [0.05, 0.1) is 23.3 Å². The van der Waals surface area contributed by atoms with Gasteiger partial charge in [0.1, 0.15) is 6.10 Å². The first-order chi connectivity index (χ1) is 16.7. The van der Waals surface area contributed by atoms with Gasteiger partial charge in [0.2, 0.25) is 5.82 Å². The minimum Gasteiger partial charge on any atom is -0.462 e. The van der Waals surface area contributed by atoms with Crippen molar-refractivity contribution in [3.8, 4) is 0 Å². The van der Waals surface area contributed by atoms with E-state index in [2.05, 4.69) is 6.92 Å². The van der Waals surface area contributed by atoms with Gasteiger partial charge in [0.15, 0.2) is 23.3 Å². The van der Waals surface area contributed by atoms with E-state index in [0.29, 0.717) is 6.42 Å². The van der Waals surface area contributed by atoms with E-state index in [1.54, 1.807) is 0 Å². The number of ether oxygens (including phenoxy) is 2. The predicted molar refractivity (Wildman–Crippen MR) is 119 cm³/mol. The molecule has 2 aromatic carbocycles. The Labute approximate surface area is 201 Å². The summed E-state index contributed by atoms with van der Waals surface area (Å²) in [6, 6.07) is 5.46. The highest BCUT2D eigenvalue weighted by Crippen LogP contribution is 2.30. The van der Waals surface area contributed by atoms with Crippen molar-refractivity contribution in [1.29, 1.82) is 0 Å². The van der Waals surface area contributed by atoms with Crippen molar-refractivity contribution in [2.45, 2.75) is 71.3 Å². The van der Waals surface area contributed by atoms with Crippen molar-refractivity contribution in [1.82, 2.24) is 0 Å². The van der Waals surface area contributed by atoms with Crippen LogP contribution in [0.2, 0.25) is 0 Å². The highest BCUT2D eigenvalue weighted by Gasteiger charge is 2.31. The largest absolute Gasteiger partial charge is 0.462 e. The Kier molecular flexibility index (Phi) is 11.1. The van der Waals surface area contributed by atoms with Gasteiger partial charge in [-0.25, -0.2) is 31.5 Å². The molecule has 0 aromatic heterocycles. The number of halogens is 5. The highest BCUT2D eigenvalue weighted by molar-refractivity contribution is 6.03. The average Bonchev–Trinajstić information content (AvgIpc) is 2.85. The zero-order valence-electron chi connectivity index (χ0n) is 19.8. The second kappa shape index (κ2) is 13.8. The van der Waals surface area contributed by atoms with E-state index in [1.165, 1.54) is 49.9 Å². The fourth-order valence-electron chi connectivity index (χ4n) is 3.58. The van der Waals surface area contributed by atoms with Gasteiger partial charge in [0.25, 0.3) is 0 Å². The van der Waals surface area contributed by atoms with Crippen molar-refractivity contribution in [2.75, 3.05) is 6.61 Å². The molecule has 4 nitrogen and oxygen atoms in total. The monoisotopic (exact) mass is 500 g/mol. The van der Waals surface area contributed by atoms with Gasteiger partial charge < -0.3 is 9.47 Å². The molecular formula is C26H29F5O4. The molecule has 9 heteroatoms. The molecule has 0 aliphatic carbocycles. The minimum atomic E-state index is -2.31. The van der Waals surface area contributed by atoms with Gasteiger partial charge in [-0.2, -0.15) is 0 Å². The molecule has 0 saturated carbocycles. The van der Waals surface area contributed by atoms with E-state index in [9.17, 15) is 31.5 Å². The summed E-state index contributed by atoms with van der Waals surface area (Å²) in [5.41, 5.74) is -1.68. The normalized spacial score (nSPS) is 11.9. The molecule has 0 spiro atoms. The fraction of sp³-hybridized carbons (Fsp3) is 0.462. The summed E-state index contributed by atoms with van der Waals surface area (Å²) in [5, 5.41) is 0. The third kappa shape index (κ3) is 7.50. The smallest absolute Gasteiger partial charge is 0.339 e. The Morgan fingerprint density at radius 2 is 1.17 bits per heavy atom. The van der Waals surface area contributed by atoms with Crippen LogP contribution in [-0.4, -0.2) is 18.5 Å². The predicted octanol–water partition coefficient (Wildman–Crippen LogP) is 7.60. The van der Waals surface area contributed by atoms with E-state index in [0.717, 1.165) is 26.2 Å². The van der Waals surface area contributed by atoms with Crippen LogP contribution >= 0.6 is 0 Å². The first-order valence-corrected chi connectivity index (χ1v) is 11.7. The Balaban J connectivity index is 1.99. The van der Waals surface area contributed by atoms with Gasteiger partial charge >= 0.3 is 11.9 Å². The number of carbonyl (C=O) groups is 2. The van der Waals surface area contributed by atoms with Crippen molar-refractivity contribution in [3.63, 3.8) is 0 Å². The van der Waals surface area contributed by atoms with E-state index in [1.807, 2.05) is 0 Å². The number of hydrogen-bond donors (Lipinski definition) is 0. The SMILES string of the molecule is CCCCCCCCCCOC(=O)c1ccccc1C(=O)OC(C)c1c(F)c(F)c(F)c(F)c1F. The number of carbonyl (C=O) groups excluding carboxylic acids is 2. The third-order valence-corrected chi connectivity index (χ3v) is 5.53. The molecule has 2 rings (SSSR count). The van der Waals surface area contributed by atoms with Gasteiger partial charge in [-0.3, -0.25) is 0 Å². The highest BCUT2D eigenvalue weighted by atomic mass is 19.2. The second-order valence-corrected chi connectivity index (χ2v) is 8.19. The van der Waals surface area contributed by atoms with Crippen LogP contribution in [0, 0.1) is 29.1 Å². The molecule has 0 saturated heterocycles. The van der Waals surface area contributed by atoms with E-state index in [4.69, 9.17) is 9.47 Å². The Morgan fingerprint density at radius 3 is 1.71 bits per heavy atom. The summed E-state index contributed by atoms with van der Waals surface area (Å²) in [5.74, 6) is -12.8. The summed E-state index contributed by atoms with van der Waals surface area (Å²) in [4.78, 5) is 25.1. The summed E-state index contributed by atoms with van der Waals surface area (Å²) < 4.78 is 78.5. The topological polar surface area (TPSA) is 52.6 Å². The van der Waals surface area contributed by atoms with Crippen molar-refractivity contribution < 1.29 is 41.0 Å². The maximum atomic E-state index is 14.0. The van der Waals surface area contributed by atoms with Crippen LogP contribution in [0.15, 0.2) is 24.3 Å². The molecule has 0 heterocycles. The summed E-state index contributed by atoms with van der Waals surface area (Å²) in [6.45, 7) is 3.26. The molecule has 0 aliphatic heterocycles. The van der Waals surface area contributed by atoms with Gasteiger partial charge in [-0.05, 0) is 25.5 Å². The molecule has 2 aromatic rings. The molecule has 0 fully saturated rings. The molecule has 0 N–H and O–H groups in total. The lowest BCUT2D eigenvalue weighted by Gasteiger charge is -2.17. The fourth-order valence-corrected chi connectivity index (χ4v) is 3.58. The van der Waals surface area contributed by atoms with Gasteiger partial charge in [-0.15, -0.1) is 0 Å². The van der Waals surface area contributed by atoms with E-state index < -0.39 is 52.7 Å². The minimum absolute atomic E-state index is 0.137. The quantitative estimate of drug-likeness (QED) is 0.0935. The molecule has 1 atom stereocenters. The Morgan fingerprint density at radius 1 is 0.714 bits per heavy atom. The van der Waals surface area contributed by atoms with Gasteiger partial charge in [-0.1, -0.05) is 64.0 Å². The van der Waals surface area contributed by atoms with Crippen LogP contribution < -0.4 is 0 Å². The van der Waals surface area contributed by atoms with Gasteiger partial charge in [0, 0.05) is 0 Å². The molecule has 0 amide bonds. The zero-order valence-corrected chi connectivity index (χ0v) is 19.8. The van der Waals surface area contributed by atoms with E-state index in [-0.39, 0.29) is 17.7 Å². The van der Waals surface area contributed by atoms with Crippen LogP contribution in [0.3, 0.4) is 0 Å². The number of hydrogen-bond acceptors (Lipinski definition) is 4. The summed E-state index contributed by atoms with van der Waals surface area (Å²) in [6.07, 6.45) is 6.65. The van der Waals surface area contributed by atoms with Crippen molar-refractivity contribution in [2.24, 2.45) is 0 Å². The number of benzene rings is 2.